The van der Waals surface area contributed by atoms with Crippen LogP contribution in [0.3, 0.4) is 0 Å². The van der Waals surface area contributed by atoms with Gasteiger partial charge in [-0.05, 0) is 42.8 Å². The minimum Gasteiger partial charge on any atom is -0.472 e. The van der Waals surface area contributed by atoms with Crippen molar-refractivity contribution < 1.29 is 24.0 Å². The van der Waals surface area contributed by atoms with Crippen molar-refractivity contribution in [1.29, 1.82) is 0 Å². The molecule has 2 aromatic heterocycles. The molecule has 3 amide bonds. The maximum Gasteiger partial charge on any atom is 0.321 e. The standard InChI is InChI=1S/C21H28BrN5O5/c1-11-8-27(12(2)10-28)20(29)16-6-15(22)7-23-19(16)31-17(11)9-26(5)21(30)24-18-13(3)25-32-14(18)4/h6-7,11-12,17,28H,8-10H2,1-5H3,(H,24,30)/t11-,12-,17-/m0/s1. The van der Waals surface area contributed by atoms with Gasteiger partial charge in [0.05, 0.1) is 19.2 Å². The average molecular weight is 510 g/mol. The highest BCUT2D eigenvalue weighted by Gasteiger charge is 2.34. The van der Waals surface area contributed by atoms with Gasteiger partial charge in [-0.3, -0.25) is 4.79 Å². The summed E-state index contributed by atoms with van der Waals surface area (Å²) < 4.78 is 11.9. The summed E-state index contributed by atoms with van der Waals surface area (Å²) in [6, 6.07) is 0.942. The number of ether oxygens (including phenoxy) is 1. The van der Waals surface area contributed by atoms with Gasteiger partial charge in [0.2, 0.25) is 5.88 Å². The Kier molecular flexibility index (Phi) is 7.40. The Bertz CT molecular complexity index is 977. The van der Waals surface area contributed by atoms with Gasteiger partial charge >= 0.3 is 6.03 Å². The Hall–Kier alpha value is -2.66. The van der Waals surface area contributed by atoms with Crippen LogP contribution in [-0.2, 0) is 0 Å². The zero-order valence-electron chi connectivity index (χ0n) is 18.8. The second-order valence-electron chi connectivity index (χ2n) is 8.14. The number of nitrogens with one attached hydrogen (secondary N) is 1. The van der Waals surface area contributed by atoms with Gasteiger partial charge in [0, 0.05) is 30.2 Å². The van der Waals surface area contributed by atoms with Crippen LogP contribution in [0.25, 0.3) is 0 Å². The summed E-state index contributed by atoms with van der Waals surface area (Å²) in [6.45, 7) is 7.65. The number of carbonyl (C=O) groups is 2. The molecule has 3 atom stereocenters. The molecule has 0 saturated heterocycles. The van der Waals surface area contributed by atoms with Crippen LogP contribution in [-0.4, -0.2) is 75.9 Å². The van der Waals surface area contributed by atoms with Crippen molar-refractivity contribution in [2.75, 3.05) is 32.1 Å². The van der Waals surface area contributed by atoms with Gasteiger partial charge in [-0.2, -0.15) is 0 Å². The molecule has 11 heteroatoms. The molecular formula is C21H28BrN5O5. The molecule has 2 N–H and O–H groups in total. The maximum atomic E-state index is 13.2. The topological polar surface area (TPSA) is 121 Å². The number of aliphatic hydroxyl groups is 1. The molecule has 0 unspecified atom stereocenters. The molecule has 0 radical (unpaired) electrons. The maximum absolute atomic E-state index is 13.2. The van der Waals surface area contributed by atoms with Crippen molar-refractivity contribution in [2.24, 2.45) is 5.92 Å². The molecule has 32 heavy (non-hydrogen) atoms. The number of likely N-dealkylation sites (N-methyl/N-ethyl adjacent to an activating group) is 1. The quantitative estimate of drug-likeness (QED) is 0.635. The predicted octanol–water partition coefficient (Wildman–Crippen LogP) is 2.83. The second-order valence-corrected chi connectivity index (χ2v) is 9.05. The average Bonchev–Trinajstić information content (AvgIpc) is 3.08. The minimum atomic E-state index is -0.440. The normalized spacial score (nSPS) is 19.5. The minimum absolute atomic E-state index is 0.138. The van der Waals surface area contributed by atoms with E-state index in [4.69, 9.17) is 9.26 Å². The van der Waals surface area contributed by atoms with E-state index < -0.39 is 6.10 Å². The summed E-state index contributed by atoms with van der Waals surface area (Å²) in [5.41, 5.74) is 1.44. The molecule has 1 aliphatic heterocycles. The number of nitrogens with zero attached hydrogens (tertiary/aromatic N) is 4. The van der Waals surface area contributed by atoms with Gasteiger partial charge in [0.1, 0.15) is 23.0 Å². The first-order valence-electron chi connectivity index (χ1n) is 10.3. The van der Waals surface area contributed by atoms with Crippen molar-refractivity contribution in [3.63, 3.8) is 0 Å². The molecule has 3 heterocycles. The van der Waals surface area contributed by atoms with Gasteiger partial charge in [-0.25, -0.2) is 9.78 Å². The molecule has 0 fully saturated rings. The van der Waals surface area contributed by atoms with E-state index in [2.05, 4.69) is 31.4 Å². The summed E-state index contributed by atoms with van der Waals surface area (Å²) in [5.74, 6) is 0.325. The number of fused-ring (bicyclic) bond motifs is 1. The van der Waals surface area contributed by atoms with Crippen LogP contribution in [0, 0.1) is 19.8 Å². The van der Waals surface area contributed by atoms with Crippen LogP contribution < -0.4 is 10.1 Å². The number of urea groups is 1. The Morgan fingerprint density at radius 2 is 2.19 bits per heavy atom. The second kappa shape index (κ2) is 9.86. The third kappa shape index (κ3) is 5.04. The Morgan fingerprint density at radius 1 is 1.47 bits per heavy atom. The number of hydrogen-bond acceptors (Lipinski definition) is 7. The molecule has 0 spiro atoms. The molecule has 2 aromatic rings. The Labute approximate surface area is 195 Å². The number of anilines is 1. The SMILES string of the molecule is Cc1noc(C)c1NC(=O)N(C)C[C@@H]1Oc2ncc(Br)cc2C(=O)N([C@@H](C)CO)C[C@@H]1C. The van der Waals surface area contributed by atoms with Gasteiger partial charge in [0.25, 0.3) is 5.91 Å². The highest BCUT2D eigenvalue weighted by atomic mass is 79.9. The Balaban J connectivity index is 1.84. The number of amides is 3. The number of rotatable bonds is 5. The predicted molar refractivity (Wildman–Crippen MR) is 121 cm³/mol. The highest BCUT2D eigenvalue weighted by molar-refractivity contribution is 9.10. The third-order valence-corrected chi connectivity index (χ3v) is 5.99. The lowest BCUT2D eigenvalue weighted by Gasteiger charge is -2.37. The van der Waals surface area contributed by atoms with Gasteiger partial charge in [-0.15, -0.1) is 0 Å². The van der Waals surface area contributed by atoms with E-state index in [9.17, 15) is 14.7 Å². The summed E-state index contributed by atoms with van der Waals surface area (Å²) in [5, 5.41) is 16.3. The number of hydrogen-bond donors (Lipinski definition) is 2. The van der Waals surface area contributed by atoms with Crippen LogP contribution in [0.2, 0.25) is 0 Å². The zero-order valence-corrected chi connectivity index (χ0v) is 20.3. The van der Waals surface area contributed by atoms with Crippen molar-refractivity contribution >= 4 is 33.6 Å². The molecule has 3 rings (SSSR count). The van der Waals surface area contributed by atoms with E-state index in [-0.39, 0.29) is 42.9 Å². The number of pyridine rings is 1. The largest absolute Gasteiger partial charge is 0.472 e. The lowest BCUT2D eigenvalue weighted by Crippen LogP contribution is -2.50. The lowest BCUT2D eigenvalue weighted by molar-refractivity contribution is 0.0356. The third-order valence-electron chi connectivity index (χ3n) is 5.55. The molecule has 0 bridgehead atoms. The highest BCUT2D eigenvalue weighted by Crippen LogP contribution is 2.28. The van der Waals surface area contributed by atoms with Crippen LogP contribution in [0.1, 0.15) is 35.7 Å². The molecule has 10 nitrogen and oxygen atoms in total. The van der Waals surface area contributed by atoms with E-state index >= 15 is 0 Å². The fourth-order valence-electron chi connectivity index (χ4n) is 3.51. The number of aromatic nitrogens is 2. The van der Waals surface area contributed by atoms with E-state index in [1.54, 1.807) is 45.0 Å². The molecule has 0 aliphatic carbocycles. The van der Waals surface area contributed by atoms with Crippen molar-refractivity contribution in [2.45, 2.75) is 39.8 Å². The van der Waals surface area contributed by atoms with E-state index in [0.29, 0.717) is 33.7 Å². The first-order chi connectivity index (χ1) is 15.1. The fourth-order valence-corrected chi connectivity index (χ4v) is 3.84. The number of halogens is 1. The molecule has 0 aromatic carbocycles. The zero-order chi connectivity index (χ0) is 23.6. The van der Waals surface area contributed by atoms with Crippen LogP contribution in [0.5, 0.6) is 5.88 Å². The summed E-state index contributed by atoms with van der Waals surface area (Å²) in [6.07, 6.45) is 1.12. The van der Waals surface area contributed by atoms with E-state index in [1.165, 1.54) is 4.90 Å². The summed E-state index contributed by atoms with van der Waals surface area (Å²) >= 11 is 3.35. The van der Waals surface area contributed by atoms with Crippen molar-refractivity contribution in [1.82, 2.24) is 19.9 Å². The van der Waals surface area contributed by atoms with E-state index in [0.717, 1.165) is 0 Å². The first kappa shape index (κ1) is 24.0. The van der Waals surface area contributed by atoms with Gasteiger partial charge < -0.3 is 29.5 Å². The smallest absolute Gasteiger partial charge is 0.321 e. The van der Waals surface area contributed by atoms with E-state index in [1.807, 2.05) is 6.92 Å². The first-order valence-corrected chi connectivity index (χ1v) is 11.1. The fraction of sp³-hybridized carbons (Fsp3) is 0.524. The number of carbonyl (C=O) groups excluding carboxylic acids is 2. The van der Waals surface area contributed by atoms with Gasteiger partial charge in [0.15, 0.2) is 5.76 Å². The van der Waals surface area contributed by atoms with Crippen molar-refractivity contribution in [3.05, 3.63) is 33.8 Å². The molecule has 0 saturated carbocycles. The number of aliphatic hydroxyl groups excluding tert-OH is 1. The Morgan fingerprint density at radius 3 is 2.81 bits per heavy atom. The number of aryl methyl sites for hydroxylation is 2. The molecule has 174 valence electrons. The summed E-state index contributed by atoms with van der Waals surface area (Å²) in [4.78, 5) is 33.4. The molecule has 1 aliphatic rings. The summed E-state index contributed by atoms with van der Waals surface area (Å²) in [7, 11) is 1.66. The van der Waals surface area contributed by atoms with Crippen LogP contribution in [0.15, 0.2) is 21.3 Å². The monoisotopic (exact) mass is 509 g/mol. The van der Waals surface area contributed by atoms with Crippen LogP contribution in [0.4, 0.5) is 10.5 Å². The lowest BCUT2D eigenvalue weighted by atomic mass is 10.0. The van der Waals surface area contributed by atoms with Crippen molar-refractivity contribution in [3.8, 4) is 5.88 Å². The van der Waals surface area contributed by atoms with Crippen LogP contribution >= 0.6 is 15.9 Å². The molecular weight excluding hydrogens is 482 g/mol. The van der Waals surface area contributed by atoms with Gasteiger partial charge in [-0.1, -0.05) is 12.1 Å².